The topological polar surface area (TPSA) is 75.5 Å². The Bertz CT molecular complexity index is 735. The number of ether oxygens (including phenoxy) is 1. The quantitative estimate of drug-likeness (QED) is 0.387. The lowest BCUT2D eigenvalue weighted by atomic mass is 10.3. The van der Waals surface area contributed by atoms with Gasteiger partial charge >= 0.3 is 0 Å². The zero-order valence-electron chi connectivity index (χ0n) is 12.9. The number of benzene rings is 1. The van der Waals surface area contributed by atoms with Crippen LogP contribution in [0.3, 0.4) is 0 Å². The number of anilines is 1. The van der Waals surface area contributed by atoms with Crippen molar-refractivity contribution in [3.05, 3.63) is 48.4 Å². The molecule has 134 valence electrons. The number of carbonyl (C=O) groups is 1. The van der Waals surface area contributed by atoms with Crippen LogP contribution in [0.25, 0.3) is 0 Å². The molecule has 0 aliphatic carbocycles. The first-order valence-electron chi connectivity index (χ1n) is 6.93. The van der Waals surface area contributed by atoms with E-state index < -0.39 is 15.9 Å². The van der Waals surface area contributed by atoms with Gasteiger partial charge in [0.15, 0.2) is 10.9 Å². The molecule has 0 bridgehead atoms. The van der Waals surface area contributed by atoms with Crippen molar-refractivity contribution in [2.24, 2.45) is 0 Å². The molecule has 1 heterocycles. The van der Waals surface area contributed by atoms with E-state index in [0.717, 1.165) is 0 Å². The van der Waals surface area contributed by atoms with Gasteiger partial charge < -0.3 is 25.1 Å². The van der Waals surface area contributed by atoms with Crippen molar-refractivity contribution in [1.29, 1.82) is 0 Å². The Morgan fingerprint density at radius 2 is 1.92 bits per heavy atom. The number of nitrogens with one attached hydrogen (secondary N) is 3. The summed E-state index contributed by atoms with van der Waals surface area (Å²) < 4.78 is 8.36. The Balaban J connectivity index is 2.06. The Morgan fingerprint density at radius 3 is 2.52 bits per heavy atom. The number of rotatable bonds is 5. The molecule has 2 aromatic rings. The molecule has 0 aliphatic heterocycles. The van der Waals surface area contributed by atoms with E-state index in [1.54, 1.807) is 24.3 Å². The number of alkyl halides is 3. The standard InChI is InChI=1S/C15H14Cl3N3O3S/c1-23-10-6-3-2-5-9(10)19-14(25)21-13(15(16,17)18)20-12(22)11-7-4-8-24-11/h2-8,13H,1H3,(H,20,22)(H2,19,21,25)/t13-/m0/s1. The van der Waals surface area contributed by atoms with Crippen molar-refractivity contribution in [2.45, 2.75) is 9.96 Å². The molecule has 6 nitrogen and oxygen atoms in total. The monoisotopic (exact) mass is 421 g/mol. The summed E-state index contributed by atoms with van der Waals surface area (Å²) in [5, 5.41) is 8.29. The molecule has 10 heteroatoms. The van der Waals surface area contributed by atoms with Crippen LogP contribution in [0.2, 0.25) is 0 Å². The lowest BCUT2D eigenvalue weighted by molar-refractivity contribution is 0.0906. The summed E-state index contributed by atoms with van der Waals surface area (Å²) in [6.45, 7) is 0. The summed E-state index contributed by atoms with van der Waals surface area (Å²) in [6, 6.07) is 10.2. The molecule has 3 N–H and O–H groups in total. The van der Waals surface area contributed by atoms with Crippen LogP contribution < -0.4 is 20.7 Å². The van der Waals surface area contributed by atoms with Gasteiger partial charge in [0.25, 0.3) is 5.91 Å². The largest absolute Gasteiger partial charge is 0.495 e. The fourth-order valence-corrected chi connectivity index (χ4v) is 2.40. The molecule has 0 aliphatic rings. The minimum absolute atomic E-state index is 0.0738. The fourth-order valence-electron chi connectivity index (χ4n) is 1.85. The van der Waals surface area contributed by atoms with E-state index >= 15 is 0 Å². The van der Waals surface area contributed by atoms with E-state index in [4.69, 9.17) is 56.2 Å². The third kappa shape index (κ3) is 5.67. The van der Waals surface area contributed by atoms with E-state index in [0.29, 0.717) is 11.4 Å². The highest BCUT2D eigenvalue weighted by molar-refractivity contribution is 7.80. The predicted molar refractivity (Wildman–Crippen MR) is 103 cm³/mol. The molecule has 0 radical (unpaired) electrons. The summed E-state index contributed by atoms with van der Waals surface area (Å²) in [5.74, 6) is 0.0928. The maximum Gasteiger partial charge on any atom is 0.288 e. The first-order chi connectivity index (χ1) is 11.8. The fraction of sp³-hybridized carbons (Fsp3) is 0.200. The normalized spacial score (nSPS) is 12.2. The van der Waals surface area contributed by atoms with Crippen LogP contribution in [0.15, 0.2) is 47.1 Å². The molecule has 2 rings (SSSR count). The molecular formula is C15H14Cl3N3O3S. The van der Waals surface area contributed by atoms with Crippen LogP contribution in [0.5, 0.6) is 5.75 Å². The van der Waals surface area contributed by atoms with Gasteiger partial charge in [0.1, 0.15) is 11.9 Å². The van der Waals surface area contributed by atoms with Gasteiger partial charge in [-0.15, -0.1) is 0 Å². The Morgan fingerprint density at radius 1 is 1.20 bits per heavy atom. The molecule has 1 aromatic heterocycles. The third-order valence-corrected chi connectivity index (χ3v) is 3.85. The summed E-state index contributed by atoms with van der Waals surface area (Å²) in [5.41, 5.74) is 0.614. The van der Waals surface area contributed by atoms with Crippen LogP contribution in [-0.4, -0.2) is 28.1 Å². The van der Waals surface area contributed by atoms with E-state index in [9.17, 15) is 4.79 Å². The number of furan rings is 1. The van der Waals surface area contributed by atoms with Crippen LogP contribution in [-0.2, 0) is 0 Å². The van der Waals surface area contributed by atoms with Crippen LogP contribution >= 0.6 is 47.0 Å². The van der Waals surface area contributed by atoms with Gasteiger partial charge in [-0.2, -0.15) is 0 Å². The maximum atomic E-state index is 12.1. The summed E-state index contributed by atoms with van der Waals surface area (Å²) in [6.07, 6.45) is 0.255. The molecule has 0 saturated carbocycles. The highest BCUT2D eigenvalue weighted by Gasteiger charge is 2.35. The van der Waals surface area contributed by atoms with Crippen LogP contribution in [0.1, 0.15) is 10.6 Å². The number of hydrogen-bond acceptors (Lipinski definition) is 4. The van der Waals surface area contributed by atoms with Crippen molar-refractivity contribution in [1.82, 2.24) is 10.6 Å². The van der Waals surface area contributed by atoms with Gasteiger partial charge in [-0.3, -0.25) is 4.79 Å². The zero-order chi connectivity index (χ0) is 18.4. The average Bonchev–Trinajstić information content (AvgIpc) is 3.08. The summed E-state index contributed by atoms with van der Waals surface area (Å²) in [7, 11) is 1.53. The first-order valence-corrected chi connectivity index (χ1v) is 8.47. The minimum atomic E-state index is -1.87. The number of carbonyl (C=O) groups excluding carboxylic acids is 1. The van der Waals surface area contributed by atoms with Crippen molar-refractivity contribution < 1.29 is 13.9 Å². The Labute approximate surface area is 164 Å². The van der Waals surface area contributed by atoms with E-state index in [-0.39, 0.29) is 10.9 Å². The second-order valence-electron chi connectivity index (χ2n) is 4.72. The number of methoxy groups -OCH3 is 1. The molecular weight excluding hydrogens is 409 g/mol. The van der Waals surface area contributed by atoms with E-state index in [1.807, 2.05) is 6.07 Å². The molecule has 1 amide bonds. The Kier molecular flexibility index (Phi) is 6.78. The number of amides is 1. The lowest BCUT2D eigenvalue weighted by Crippen LogP contribution is -2.56. The molecule has 1 aromatic carbocycles. The summed E-state index contributed by atoms with van der Waals surface area (Å²) in [4.78, 5) is 12.1. The average molecular weight is 423 g/mol. The number of para-hydroxylation sites is 2. The molecule has 25 heavy (non-hydrogen) atoms. The Hall–Kier alpha value is -1.67. The first kappa shape index (κ1) is 19.7. The van der Waals surface area contributed by atoms with E-state index in [1.165, 1.54) is 19.4 Å². The van der Waals surface area contributed by atoms with Crippen molar-refractivity contribution in [2.75, 3.05) is 12.4 Å². The van der Waals surface area contributed by atoms with Crippen molar-refractivity contribution in [3.63, 3.8) is 0 Å². The van der Waals surface area contributed by atoms with Crippen LogP contribution in [0, 0.1) is 0 Å². The molecule has 0 unspecified atom stereocenters. The smallest absolute Gasteiger partial charge is 0.288 e. The second-order valence-corrected chi connectivity index (χ2v) is 7.50. The molecule has 0 saturated heterocycles. The zero-order valence-corrected chi connectivity index (χ0v) is 16.0. The highest BCUT2D eigenvalue weighted by atomic mass is 35.6. The van der Waals surface area contributed by atoms with Gasteiger partial charge in [0.2, 0.25) is 3.79 Å². The van der Waals surface area contributed by atoms with Crippen molar-refractivity contribution in [3.8, 4) is 5.75 Å². The SMILES string of the molecule is COc1ccccc1NC(=S)N[C@H](NC(=O)c1ccco1)C(Cl)(Cl)Cl. The molecule has 1 atom stereocenters. The number of hydrogen-bond donors (Lipinski definition) is 3. The molecule has 0 spiro atoms. The van der Waals surface area contributed by atoms with Gasteiger partial charge in [-0.05, 0) is 36.5 Å². The van der Waals surface area contributed by atoms with Crippen LogP contribution in [0.4, 0.5) is 5.69 Å². The van der Waals surface area contributed by atoms with Gasteiger partial charge in [-0.1, -0.05) is 46.9 Å². The van der Waals surface area contributed by atoms with E-state index in [2.05, 4.69) is 16.0 Å². The van der Waals surface area contributed by atoms with Gasteiger partial charge in [0.05, 0.1) is 19.1 Å². The second kappa shape index (κ2) is 8.62. The van der Waals surface area contributed by atoms with Gasteiger partial charge in [0, 0.05) is 0 Å². The maximum absolute atomic E-state index is 12.1. The predicted octanol–water partition coefficient (Wildman–Crippen LogP) is 3.70. The van der Waals surface area contributed by atoms with Gasteiger partial charge in [-0.25, -0.2) is 0 Å². The number of halogens is 3. The number of thiocarbonyl (C=S) groups is 1. The van der Waals surface area contributed by atoms with Crippen molar-refractivity contribution >= 4 is 63.7 Å². The third-order valence-electron chi connectivity index (χ3n) is 2.98. The lowest BCUT2D eigenvalue weighted by Gasteiger charge is -2.27. The minimum Gasteiger partial charge on any atom is -0.495 e. The molecule has 0 fully saturated rings. The summed E-state index contributed by atoms with van der Waals surface area (Å²) >= 11 is 23.0. The highest BCUT2D eigenvalue weighted by Crippen LogP contribution is 2.29.